The van der Waals surface area contributed by atoms with Gasteiger partial charge in [0.15, 0.2) is 0 Å². The van der Waals surface area contributed by atoms with Crippen LogP contribution in [0.25, 0.3) is 0 Å². The van der Waals surface area contributed by atoms with Crippen LogP contribution >= 0.6 is 67.8 Å². The number of aliphatic hydroxyl groups is 1. The highest BCUT2D eigenvalue weighted by Crippen LogP contribution is 2.35. The number of carbonyl (C=O) groups is 3. The minimum atomic E-state index is -1.21. The average molecular weight is 644 g/mol. The van der Waals surface area contributed by atoms with E-state index in [1.807, 2.05) is 45.2 Å². The molecule has 0 fully saturated rings. The molecule has 0 bridgehead atoms. The van der Waals surface area contributed by atoms with Crippen LogP contribution in [0.3, 0.4) is 0 Å². The number of hydrogen-bond donors (Lipinski definition) is 4. The van der Waals surface area contributed by atoms with Crippen molar-refractivity contribution < 1.29 is 24.6 Å². The Morgan fingerprint density at radius 3 is 1.95 bits per heavy atom. The Hall–Kier alpha value is -0.220. The Morgan fingerprint density at radius 1 is 1.05 bits per heavy atom. The lowest BCUT2D eigenvalue weighted by Gasteiger charge is -2.18. The summed E-state index contributed by atoms with van der Waals surface area (Å²) in [5.41, 5.74) is 0.298. The smallest absolute Gasteiger partial charge is 0.337 e. The normalized spacial score (nSPS) is 11.7. The second-order valence-electron chi connectivity index (χ2n) is 4.20. The molecule has 10 heteroatoms. The summed E-state index contributed by atoms with van der Waals surface area (Å²) in [5, 5.41) is 23.5. The third-order valence-electron chi connectivity index (χ3n) is 2.40. The molecule has 120 valence electrons. The van der Waals surface area contributed by atoms with Gasteiger partial charge < -0.3 is 20.8 Å². The molecule has 7 nitrogen and oxygen atoms in total. The zero-order valence-electron chi connectivity index (χ0n) is 11.3. The first-order valence-corrected chi connectivity index (χ1v) is 9.01. The number of benzene rings is 1. The van der Waals surface area contributed by atoms with Gasteiger partial charge in [0.25, 0.3) is 5.91 Å². The van der Waals surface area contributed by atoms with Crippen molar-refractivity contribution in [1.29, 1.82) is 0 Å². The molecule has 0 saturated carbocycles. The van der Waals surface area contributed by atoms with Gasteiger partial charge in [0.1, 0.15) is 6.23 Å². The fraction of sp³-hybridized carbons (Fsp3) is 0.250. The maximum atomic E-state index is 12.2. The summed E-state index contributed by atoms with van der Waals surface area (Å²) in [4.78, 5) is 35.1. The van der Waals surface area contributed by atoms with Gasteiger partial charge in [-0.1, -0.05) is 0 Å². The van der Waals surface area contributed by atoms with Crippen molar-refractivity contribution in [2.45, 2.75) is 20.1 Å². The quantitative estimate of drug-likeness (QED) is 0.297. The van der Waals surface area contributed by atoms with Crippen molar-refractivity contribution in [3.63, 3.8) is 0 Å². The van der Waals surface area contributed by atoms with E-state index >= 15 is 0 Å². The molecule has 0 heterocycles. The minimum Gasteiger partial charge on any atom is -0.478 e. The van der Waals surface area contributed by atoms with Crippen LogP contribution in [-0.2, 0) is 4.79 Å². The maximum Gasteiger partial charge on any atom is 0.337 e. The van der Waals surface area contributed by atoms with Gasteiger partial charge in [0.2, 0.25) is 5.91 Å². The van der Waals surface area contributed by atoms with Gasteiger partial charge in [-0.2, -0.15) is 0 Å². The first-order chi connectivity index (χ1) is 10.1. The van der Waals surface area contributed by atoms with Gasteiger partial charge in [-0.15, -0.1) is 0 Å². The van der Waals surface area contributed by atoms with E-state index in [2.05, 4.69) is 10.6 Å². The highest BCUT2D eigenvalue weighted by atomic mass is 127. The number of aromatic carboxylic acids is 1. The number of halogens is 3. The molecule has 0 radical (unpaired) electrons. The van der Waals surface area contributed by atoms with Gasteiger partial charge in [-0.25, -0.2) is 4.79 Å². The second-order valence-corrected chi connectivity index (χ2v) is 7.44. The van der Waals surface area contributed by atoms with E-state index in [-0.39, 0.29) is 26.3 Å². The van der Waals surface area contributed by atoms with E-state index in [1.165, 1.54) is 13.8 Å². The molecule has 22 heavy (non-hydrogen) atoms. The van der Waals surface area contributed by atoms with Crippen LogP contribution in [0.4, 0.5) is 5.69 Å². The number of anilines is 1. The van der Waals surface area contributed by atoms with Crippen LogP contribution in [0.2, 0.25) is 0 Å². The first-order valence-electron chi connectivity index (χ1n) is 5.78. The van der Waals surface area contributed by atoms with Gasteiger partial charge in [0.05, 0.1) is 24.0 Å². The SMILES string of the molecule is CC(=O)Nc1c(I)c(C(=O)O)c(I)c(C(=O)NC(C)O)c1I. The summed E-state index contributed by atoms with van der Waals surface area (Å²) in [7, 11) is 0. The Bertz CT molecular complexity index is 661. The van der Waals surface area contributed by atoms with Crippen LogP contribution in [-0.4, -0.2) is 34.2 Å². The molecule has 1 rings (SSSR count). The monoisotopic (exact) mass is 644 g/mol. The summed E-state index contributed by atoms with van der Waals surface area (Å²) in [6, 6.07) is 0. The van der Waals surface area contributed by atoms with Gasteiger partial charge in [0, 0.05) is 10.5 Å². The van der Waals surface area contributed by atoms with E-state index in [0.717, 1.165) is 0 Å². The standard InChI is InChI=1S/C12H11I3N2O5/c1-3(18)16-10-8(14)5(11(20)17-4(2)19)7(13)6(9(10)15)12(21)22/h4,19H,1-2H3,(H,16,18)(H,17,20)(H,21,22). The minimum absolute atomic E-state index is 0.0684. The molecule has 1 unspecified atom stereocenters. The van der Waals surface area contributed by atoms with Gasteiger partial charge >= 0.3 is 5.97 Å². The number of carbonyl (C=O) groups excluding carboxylic acids is 2. The largest absolute Gasteiger partial charge is 0.478 e. The van der Waals surface area contributed by atoms with E-state index < -0.39 is 18.1 Å². The highest BCUT2D eigenvalue weighted by molar-refractivity contribution is 14.1. The van der Waals surface area contributed by atoms with Gasteiger partial charge in [-0.3, -0.25) is 9.59 Å². The van der Waals surface area contributed by atoms with Crippen LogP contribution < -0.4 is 10.6 Å². The van der Waals surface area contributed by atoms with Crippen LogP contribution in [0.5, 0.6) is 0 Å². The van der Waals surface area contributed by atoms with Gasteiger partial charge in [-0.05, 0) is 74.7 Å². The number of rotatable bonds is 4. The lowest BCUT2D eigenvalue weighted by atomic mass is 10.1. The molecule has 4 N–H and O–H groups in total. The van der Waals surface area contributed by atoms with Crippen molar-refractivity contribution >= 4 is 91.2 Å². The fourth-order valence-corrected chi connectivity index (χ4v) is 5.99. The second kappa shape index (κ2) is 8.05. The number of carboxylic acid groups (broad SMARTS) is 1. The van der Waals surface area contributed by atoms with E-state index in [1.54, 1.807) is 22.6 Å². The van der Waals surface area contributed by atoms with Crippen LogP contribution in [0, 0.1) is 10.7 Å². The number of nitrogens with one attached hydrogen (secondary N) is 2. The lowest BCUT2D eigenvalue weighted by molar-refractivity contribution is -0.114. The predicted octanol–water partition coefficient (Wildman–Crippen LogP) is 2.23. The van der Waals surface area contributed by atoms with Crippen molar-refractivity contribution in [3.8, 4) is 0 Å². The average Bonchev–Trinajstić information content (AvgIpc) is 2.32. The highest BCUT2D eigenvalue weighted by Gasteiger charge is 2.28. The topological polar surface area (TPSA) is 116 Å². The summed E-state index contributed by atoms with van der Waals surface area (Å²) in [6.45, 7) is 2.66. The third-order valence-corrected chi connectivity index (χ3v) is 5.64. The van der Waals surface area contributed by atoms with Crippen molar-refractivity contribution in [2.24, 2.45) is 0 Å². The van der Waals surface area contributed by atoms with Crippen LogP contribution in [0.1, 0.15) is 34.6 Å². The molecule has 0 aromatic heterocycles. The Labute approximate surface area is 167 Å². The fourth-order valence-electron chi connectivity index (χ4n) is 1.60. The van der Waals surface area contributed by atoms with E-state index in [4.69, 9.17) is 0 Å². The van der Waals surface area contributed by atoms with Crippen molar-refractivity contribution in [3.05, 3.63) is 21.8 Å². The maximum absolute atomic E-state index is 12.2. The molecule has 0 aliphatic rings. The lowest BCUT2D eigenvalue weighted by Crippen LogP contribution is -2.34. The molecular weight excluding hydrogens is 633 g/mol. The Morgan fingerprint density at radius 2 is 1.55 bits per heavy atom. The van der Waals surface area contributed by atoms with Crippen molar-refractivity contribution in [1.82, 2.24) is 5.32 Å². The summed E-state index contributed by atoms with van der Waals surface area (Å²) >= 11 is 5.46. The molecule has 1 atom stereocenters. The molecule has 0 aliphatic heterocycles. The molecule has 0 saturated heterocycles. The van der Waals surface area contributed by atoms with Crippen molar-refractivity contribution in [2.75, 3.05) is 5.32 Å². The Balaban J connectivity index is 3.68. The molecule has 2 amide bonds. The molecule has 1 aromatic rings. The molecule has 0 aliphatic carbocycles. The number of carboxylic acids is 1. The Kier molecular flexibility index (Phi) is 7.25. The predicted molar refractivity (Wildman–Crippen MR) is 105 cm³/mol. The molecule has 1 aromatic carbocycles. The summed E-state index contributed by atoms with van der Waals surface area (Å²) < 4.78 is 0.985. The van der Waals surface area contributed by atoms with E-state index in [0.29, 0.717) is 7.14 Å². The number of amides is 2. The molecular formula is C12H11I3N2O5. The zero-order chi connectivity index (χ0) is 17.2. The number of hydrogen-bond acceptors (Lipinski definition) is 4. The number of aliphatic hydroxyl groups excluding tert-OH is 1. The van der Waals surface area contributed by atoms with E-state index in [9.17, 15) is 24.6 Å². The summed E-state index contributed by atoms with van der Waals surface area (Å²) in [6.07, 6.45) is -1.09. The molecule has 0 spiro atoms. The van der Waals surface area contributed by atoms with Crippen LogP contribution in [0.15, 0.2) is 0 Å². The first kappa shape index (κ1) is 19.8. The zero-order valence-corrected chi connectivity index (χ0v) is 17.8. The third kappa shape index (κ3) is 4.41. The summed E-state index contributed by atoms with van der Waals surface area (Å²) in [5.74, 6) is -2.20.